The number of nitro groups is 2. The topological polar surface area (TPSA) is 110 Å². The Morgan fingerprint density at radius 1 is 1.03 bits per heavy atom. The fourth-order valence-corrected chi connectivity index (χ4v) is 3.39. The summed E-state index contributed by atoms with van der Waals surface area (Å²) in [6.45, 7) is 2.35. The Bertz CT molecular complexity index is 1010. The number of benzene rings is 2. The molecule has 152 valence electrons. The zero-order chi connectivity index (χ0) is 21.3. The monoisotopic (exact) mass is 422 g/mol. The molecule has 29 heavy (non-hydrogen) atoms. The fraction of sp³-hybridized carbons (Fsp3) is 0.278. The lowest BCUT2D eigenvalue weighted by atomic mass is 10.1. The van der Waals surface area contributed by atoms with Gasteiger partial charge < -0.3 is 9.80 Å². The van der Waals surface area contributed by atoms with Crippen molar-refractivity contribution in [2.75, 3.05) is 31.1 Å². The highest BCUT2D eigenvalue weighted by molar-refractivity contribution is 6.30. The molecule has 0 N–H and O–H groups in total. The molecule has 0 aliphatic carbocycles. The van der Waals surface area contributed by atoms with E-state index in [9.17, 15) is 29.4 Å². The summed E-state index contributed by atoms with van der Waals surface area (Å²) in [5.74, 6) is -1.35. The second-order valence-corrected chi connectivity index (χ2v) is 6.97. The highest BCUT2D eigenvalue weighted by atomic mass is 35.5. The maximum absolute atomic E-state index is 14.0. The molecule has 3 rings (SSSR count). The van der Waals surface area contributed by atoms with Gasteiger partial charge in [0.2, 0.25) is 0 Å². The van der Waals surface area contributed by atoms with E-state index < -0.39 is 27.3 Å². The summed E-state index contributed by atoms with van der Waals surface area (Å²) in [5.41, 5.74) is -0.432. The molecule has 9 nitrogen and oxygen atoms in total. The van der Waals surface area contributed by atoms with Crippen LogP contribution >= 0.6 is 11.6 Å². The van der Waals surface area contributed by atoms with Crippen molar-refractivity contribution < 1.29 is 19.0 Å². The van der Waals surface area contributed by atoms with Crippen molar-refractivity contribution in [3.8, 4) is 0 Å². The first-order valence-corrected chi connectivity index (χ1v) is 8.99. The van der Waals surface area contributed by atoms with Gasteiger partial charge in [0.1, 0.15) is 11.5 Å². The van der Waals surface area contributed by atoms with E-state index in [4.69, 9.17) is 11.6 Å². The van der Waals surface area contributed by atoms with Gasteiger partial charge in [-0.15, -0.1) is 0 Å². The number of rotatable bonds is 4. The second kappa shape index (κ2) is 8.00. The molecule has 1 amide bonds. The molecule has 2 aromatic carbocycles. The lowest BCUT2D eigenvalue weighted by Gasteiger charge is -2.35. The van der Waals surface area contributed by atoms with Crippen LogP contribution in [-0.2, 0) is 0 Å². The number of carbonyl (C=O) groups excluding carboxylic acids is 1. The molecule has 11 heteroatoms. The van der Waals surface area contributed by atoms with Gasteiger partial charge in [-0.2, -0.15) is 0 Å². The van der Waals surface area contributed by atoms with Gasteiger partial charge in [0.15, 0.2) is 0 Å². The minimum absolute atomic E-state index is 0.106. The number of carbonyl (C=O) groups is 1. The van der Waals surface area contributed by atoms with Crippen LogP contribution in [0.15, 0.2) is 30.3 Å². The molecule has 2 aromatic rings. The van der Waals surface area contributed by atoms with E-state index >= 15 is 0 Å². The highest BCUT2D eigenvalue weighted by Crippen LogP contribution is 2.32. The van der Waals surface area contributed by atoms with Crippen LogP contribution in [0.2, 0.25) is 5.02 Å². The SMILES string of the molecule is Cc1c(F)cc(C(=O)N2CCN(c3ccc(Cl)cc3[N+](=O)[O-])CC2)cc1[N+](=O)[O-]. The van der Waals surface area contributed by atoms with Crippen LogP contribution in [0.25, 0.3) is 0 Å². The third-order valence-corrected chi connectivity index (χ3v) is 5.04. The summed E-state index contributed by atoms with van der Waals surface area (Å²) in [6, 6.07) is 6.42. The van der Waals surface area contributed by atoms with Crippen molar-refractivity contribution in [1.82, 2.24) is 4.90 Å². The number of nitrogens with zero attached hydrogens (tertiary/aromatic N) is 4. The Labute approximate surface area is 169 Å². The van der Waals surface area contributed by atoms with Crippen molar-refractivity contribution >= 4 is 34.6 Å². The molecule has 1 heterocycles. The molecule has 1 fully saturated rings. The van der Waals surface area contributed by atoms with E-state index in [-0.39, 0.29) is 34.9 Å². The molecule has 0 spiro atoms. The van der Waals surface area contributed by atoms with Crippen LogP contribution in [-0.4, -0.2) is 46.8 Å². The zero-order valence-corrected chi connectivity index (χ0v) is 16.1. The maximum atomic E-state index is 14.0. The molecule has 0 atom stereocenters. The van der Waals surface area contributed by atoms with E-state index in [1.165, 1.54) is 17.9 Å². The van der Waals surface area contributed by atoms with Crippen molar-refractivity contribution in [3.63, 3.8) is 0 Å². The Kier molecular flexibility index (Phi) is 5.64. The number of hydrogen-bond donors (Lipinski definition) is 0. The second-order valence-electron chi connectivity index (χ2n) is 6.53. The number of anilines is 1. The largest absolute Gasteiger partial charge is 0.362 e. The zero-order valence-electron chi connectivity index (χ0n) is 15.3. The van der Waals surface area contributed by atoms with Crippen molar-refractivity contribution in [2.24, 2.45) is 0 Å². The van der Waals surface area contributed by atoms with Gasteiger partial charge in [-0.3, -0.25) is 25.0 Å². The van der Waals surface area contributed by atoms with E-state index in [2.05, 4.69) is 0 Å². The molecule has 0 unspecified atom stereocenters. The molecular formula is C18H16ClFN4O5. The summed E-state index contributed by atoms with van der Waals surface area (Å²) in [4.78, 5) is 37.0. The normalized spacial score (nSPS) is 14.0. The van der Waals surface area contributed by atoms with Gasteiger partial charge in [-0.25, -0.2) is 4.39 Å². The predicted octanol–water partition coefficient (Wildman–Crippen LogP) is 3.57. The van der Waals surface area contributed by atoms with Gasteiger partial charge in [-0.05, 0) is 25.1 Å². The number of hydrogen-bond acceptors (Lipinski definition) is 6. The van der Waals surface area contributed by atoms with Crippen LogP contribution in [0, 0.1) is 33.0 Å². The third kappa shape index (κ3) is 4.11. The number of amides is 1. The lowest BCUT2D eigenvalue weighted by Crippen LogP contribution is -2.49. The Balaban J connectivity index is 1.77. The average Bonchev–Trinajstić information content (AvgIpc) is 2.69. The van der Waals surface area contributed by atoms with E-state index in [0.29, 0.717) is 18.8 Å². The maximum Gasteiger partial charge on any atom is 0.294 e. The van der Waals surface area contributed by atoms with E-state index in [0.717, 1.165) is 12.1 Å². The fourth-order valence-electron chi connectivity index (χ4n) is 3.22. The van der Waals surface area contributed by atoms with E-state index in [1.807, 2.05) is 0 Å². The molecule has 0 saturated carbocycles. The van der Waals surface area contributed by atoms with Crippen LogP contribution in [0.3, 0.4) is 0 Å². The quantitative estimate of drug-likeness (QED) is 0.550. The average molecular weight is 423 g/mol. The molecule has 0 bridgehead atoms. The van der Waals surface area contributed by atoms with Crippen molar-refractivity contribution in [1.29, 1.82) is 0 Å². The Hall–Kier alpha value is -3.27. The summed E-state index contributed by atoms with van der Waals surface area (Å²) in [6.07, 6.45) is 0. The van der Waals surface area contributed by atoms with Gasteiger partial charge >= 0.3 is 0 Å². The van der Waals surface area contributed by atoms with Crippen LogP contribution in [0.5, 0.6) is 0 Å². The standard InChI is InChI=1S/C18H16ClFN4O5/c1-11-14(20)8-12(9-16(11)23(26)27)18(25)22-6-4-21(5-7-22)15-3-2-13(19)10-17(15)24(28)29/h2-3,8-10H,4-7H2,1H3. The lowest BCUT2D eigenvalue weighted by molar-refractivity contribution is -0.385. The highest BCUT2D eigenvalue weighted by Gasteiger charge is 2.28. The van der Waals surface area contributed by atoms with Gasteiger partial charge in [-0.1, -0.05) is 11.6 Å². The number of piperazine rings is 1. The molecule has 1 aliphatic heterocycles. The molecule has 1 saturated heterocycles. The van der Waals surface area contributed by atoms with Gasteiger partial charge in [0.05, 0.1) is 15.4 Å². The van der Waals surface area contributed by atoms with Crippen molar-refractivity contribution in [2.45, 2.75) is 6.92 Å². The summed E-state index contributed by atoms with van der Waals surface area (Å²) < 4.78 is 14.0. The first-order valence-electron chi connectivity index (χ1n) is 8.61. The number of nitro benzene ring substituents is 2. The minimum Gasteiger partial charge on any atom is -0.362 e. The first kappa shape index (κ1) is 20.5. The summed E-state index contributed by atoms with van der Waals surface area (Å²) in [5, 5.41) is 22.6. The molecule has 0 aromatic heterocycles. The summed E-state index contributed by atoms with van der Waals surface area (Å²) >= 11 is 5.84. The Morgan fingerprint density at radius 3 is 2.24 bits per heavy atom. The molecular weight excluding hydrogens is 407 g/mol. The number of halogens is 2. The predicted molar refractivity (Wildman–Crippen MR) is 104 cm³/mol. The first-order chi connectivity index (χ1) is 13.7. The van der Waals surface area contributed by atoms with Crippen molar-refractivity contribution in [3.05, 3.63) is 72.5 Å². The molecule has 0 radical (unpaired) electrons. The van der Waals surface area contributed by atoms with Crippen LogP contribution < -0.4 is 4.90 Å². The van der Waals surface area contributed by atoms with Crippen LogP contribution in [0.1, 0.15) is 15.9 Å². The van der Waals surface area contributed by atoms with E-state index in [1.54, 1.807) is 17.0 Å². The third-order valence-electron chi connectivity index (χ3n) is 4.80. The summed E-state index contributed by atoms with van der Waals surface area (Å²) in [7, 11) is 0. The van der Waals surface area contributed by atoms with Crippen LogP contribution in [0.4, 0.5) is 21.5 Å². The minimum atomic E-state index is -0.821. The van der Waals surface area contributed by atoms with Gasteiger partial charge in [0, 0.05) is 48.9 Å². The van der Waals surface area contributed by atoms with Gasteiger partial charge in [0.25, 0.3) is 17.3 Å². The molecule has 1 aliphatic rings. The smallest absolute Gasteiger partial charge is 0.294 e. The Morgan fingerprint density at radius 2 is 1.66 bits per heavy atom.